The molecule has 1 aromatic rings. The molecule has 0 spiro atoms. The van der Waals surface area contributed by atoms with Gasteiger partial charge in [-0.3, -0.25) is 4.99 Å². The highest BCUT2D eigenvalue weighted by atomic mass is 32.2. The minimum atomic E-state index is -1.47. The SMILES string of the molecule is CC1(C)CSC(Nc2ccc(F)c(F)c2F)=N1. The molecule has 6 heteroatoms. The maximum Gasteiger partial charge on any atom is 0.196 e. The highest BCUT2D eigenvalue weighted by molar-refractivity contribution is 8.14. The molecule has 1 aliphatic heterocycles. The molecule has 0 radical (unpaired) electrons. The normalized spacial score (nSPS) is 18.1. The van der Waals surface area contributed by atoms with E-state index in [0.29, 0.717) is 5.17 Å². The van der Waals surface area contributed by atoms with Crippen LogP contribution in [-0.4, -0.2) is 16.5 Å². The molecule has 0 saturated carbocycles. The molecular formula is C11H11F3N2S. The second-order valence-electron chi connectivity index (χ2n) is 4.37. The molecule has 0 saturated heterocycles. The van der Waals surface area contributed by atoms with Crippen LogP contribution in [0.15, 0.2) is 17.1 Å². The zero-order valence-corrected chi connectivity index (χ0v) is 10.2. The van der Waals surface area contributed by atoms with Crippen molar-refractivity contribution < 1.29 is 13.2 Å². The van der Waals surface area contributed by atoms with Gasteiger partial charge in [0.1, 0.15) is 0 Å². The van der Waals surface area contributed by atoms with Crippen molar-refractivity contribution in [1.82, 2.24) is 0 Å². The number of nitrogens with zero attached hydrogens (tertiary/aromatic N) is 1. The molecule has 17 heavy (non-hydrogen) atoms. The van der Waals surface area contributed by atoms with Gasteiger partial charge in [0, 0.05) is 5.75 Å². The first-order chi connectivity index (χ1) is 7.89. The summed E-state index contributed by atoms with van der Waals surface area (Å²) >= 11 is 1.42. The summed E-state index contributed by atoms with van der Waals surface area (Å²) in [6, 6.07) is 2.04. The van der Waals surface area contributed by atoms with Gasteiger partial charge in [-0.1, -0.05) is 11.8 Å². The van der Waals surface area contributed by atoms with Crippen LogP contribution < -0.4 is 5.32 Å². The zero-order valence-electron chi connectivity index (χ0n) is 9.35. The Kier molecular flexibility index (Phi) is 3.07. The van der Waals surface area contributed by atoms with E-state index in [9.17, 15) is 13.2 Å². The predicted molar refractivity (Wildman–Crippen MR) is 63.9 cm³/mol. The van der Waals surface area contributed by atoms with Crippen molar-refractivity contribution in [2.24, 2.45) is 4.99 Å². The van der Waals surface area contributed by atoms with Gasteiger partial charge in [0.15, 0.2) is 22.6 Å². The number of aliphatic imine (C=N–C) groups is 1. The van der Waals surface area contributed by atoms with Crippen LogP contribution in [0, 0.1) is 17.5 Å². The lowest BCUT2D eigenvalue weighted by Crippen LogP contribution is -2.15. The Morgan fingerprint density at radius 2 is 1.94 bits per heavy atom. The van der Waals surface area contributed by atoms with Crippen LogP contribution >= 0.6 is 11.8 Å². The summed E-state index contributed by atoms with van der Waals surface area (Å²) in [5.74, 6) is -3.13. The number of thioether (sulfide) groups is 1. The molecule has 2 nitrogen and oxygen atoms in total. The molecule has 0 bridgehead atoms. The van der Waals surface area contributed by atoms with Gasteiger partial charge < -0.3 is 5.32 Å². The molecule has 92 valence electrons. The molecule has 0 aromatic heterocycles. The van der Waals surface area contributed by atoms with Gasteiger partial charge in [0.2, 0.25) is 0 Å². The summed E-state index contributed by atoms with van der Waals surface area (Å²) in [5.41, 5.74) is -0.324. The molecule has 1 N–H and O–H groups in total. The number of anilines is 1. The first-order valence-corrected chi connectivity index (χ1v) is 6.01. The molecule has 0 atom stereocenters. The second kappa shape index (κ2) is 4.25. The Labute approximate surface area is 101 Å². The number of hydrogen-bond acceptors (Lipinski definition) is 3. The molecule has 0 unspecified atom stereocenters. The Hall–Kier alpha value is -1.17. The molecule has 1 heterocycles. The number of rotatable bonds is 1. The first-order valence-electron chi connectivity index (χ1n) is 5.02. The minimum Gasteiger partial charge on any atom is -0.332 e. The van der Waals surface area contributed by atoms with Gasteiger partial charge >= 0.3 is 0 Å². The van der Waals surface area contributed by atoms with Gasteiger partial charge in [0.25, 0.3) is 0 Å². The molecular weight excluding hydrogens is 249 g/mol. The number of hydrogen-bond donors (Lipinski definition) is 1. The van der Waals surface area contributed by atoms with Crippen LogP contribution in [0.4, 0.5) is 18.9 Å². The number of amidine groups is 1. The highest BCUT2D eigenvalue weighted by Gasteiger charge is 2.26. The van der Waals surface area contributed by atoms with Crippen LogP contribution in [0.1, 0.15) is 13.8 Å². The lowest BCUT2D eigenvalue weighted by atomic mass is 10.1. The predicted octanol–water partition coefficient (Wildman–Crippen LogP) is 3.40. The summed E-state index contributed by atoms with van der Waals surface area (Å²) in [5, 5.41) is 3.18. The fraction of sp³-hybridized carbons (Fsp3) is 0.364. The summed E-state index contributed by atoms with van der Waals surface area (Å²) in [6.07, 6.45) is 0. The van der Waals surface area contributed by atoms with Crippen LogP contribution in [0.5, 0.6) is 0 Å². The standard InChI is InChI=1S/C11H11F3N2S/c1-11(2)5-17-10(16-11)15-7-4-3-6(12)8(13)9(7)14/h3-4H,5H2,1-2H3,(H,15,16). The second-order valence-corrected chi connectivity index (χ2v) is 5.33. The molecule has 1 aliphatic rings. The van der Waals surface area contributed by atoms with Gasteiger partial charge in [-0.05, 0) is 26.0 Å². The topological polar surface area (TPSA) is 24.4 Å². The molecule has 0 fully saturated rings. The average Bonchev–Trinajstić information content (AvgIpc) is 2.59. The van der Waals surface area contributed by atoms with Crippen molar-refractivity contribution in [2.75, 3.05) is 11.1 Å². The Morgan fingerprint density at radius 1 is 1.24 bits per heavy atom. The van der Waals surface area contributed by atoms with Crippen molar-refractivity contribution >= 4 is 22.6 Å². The highest BCUT2D eigenvalue weighted by Crippen LogP contribution is 2.29. The summed E-state index contributed by atoms with van der Waals surface area (Å²) in [6.45, 7) is 3.88. The van der Waals surface area contributed by atoms with E-state index in [2.05, 4.69) is 10.3 Å². The van der Waals surface area contributed by atoms with E-state index in [-0.39, 0.29) is 11.2 Å². The van der Waals surface area contributed by atoms with E-state index in [1.807, 2.05) is 13.8 Å². The smallest absolute Gasteiger partial charge is 0.196 e. The van der Waals surface area contributed by atoms with Crippen LogP contribution in [0.2, 0.25) is 0 Å². The molecule has 1 aromatic carbocycles. The van der Waals surface area contributed by atoms with Crippen molar-refractivity contribution in [3.63, 3.8) is 0 Å². The summed E-state index contributed by atoms with van der Waals surface area (Å²) < 4.78 is 39.1. The van der Waals surface area contributed by atoms with E-state index in [0.717, 1.165) is 17.9 Å². The van der Waals surface area contributed by atoms with Crippen molar-refractivity contribution in [3.05, 3.63) is 29.6 Å². The van der Waals surface area contributed by atoms with E-state index < -0.39 is 17.5 Å². The van der Waals surface area contributed by atoms with E-state index in [4.69, 9.17) is 0 Å². The van der Waals surface area contributed by atoms with E-state index in [1.165, 1.54) is 11.8 Å². The van der Waals surface area contributed by atoms with Crippen LogP contribution in [-0.2, 0) is 0 Å². The Morgan fingerprint density at radius 3 is 2.53 bits per heavy atom. The molecule has 0 aliphatic carbocycles. The lowest BCUT2D eigenvalue weighted by Gasteiger charge is -2.09. The minimum absolute atomic E-state index is 0.104. The van der Waals surface area contributed by atoms with Gasteiger partial charge in [-0.15, -0.1) is 0 Å². The maximum absolute atomic E-state index is 13.4. The quantitative estimate of drug-likeness (QED) is 0.783. The number of benzene rings is 1. The average molecular weight is 260 g/mol. The molecule has 2 rings (SSSR count). The first kappa shape index (κ1) is 12.3. The molecule has 0 amide bonds. The summed E-state index contributed by atoms with van der Waals surface area (Å²) in [7, 11) is 0. The monoisotopic (exact) mass is 260 g/mol. The maximum atomic E-state index is 13.4. The number of halogens is 3. The van der Waals surface area contributed by atoms with E-state index >= 15 is 0 Å². The fourth-order valence-corrected chi connectivity index (χ4v) is 2.43. The van der Waals surface area contributed by atoms with Crippen molar-refractivity contribution in [1.29, 1.82) is 0 Å². The van der Waals surface area contributed by atoms with Gasteiger partial charge in [-0.25, -0.2) is 13.2 Å². The fourth-order valence-electron chi connectivity index (χ4n) is 1.39. The zero-order chi connectivity index (χ0) is 12.6. The van der Waals surface area contributed by atoms with Gasteiger partial charge in [-0.2, -0.15) is 0 Å². The lowest BCUT2D eigenvalue weighted by molar-refractivity contribution is 0.449. The third-order valence-corrected chi connectivity index (χ3v) is 3.56. The van der Waals surface area contributed by atoms with Gasteiger partial charge in [0.05, 0.1) is 11.2 Å². The largest absolute Gasteiger partial charge is 0.332 e. The third kappa shape index (κ3) is 2.57. The van der Waals surface area contributed by atoms with Crippen LogP contribution in [0.25, 0.3) is 0 Å². The third-order valence-electron chi connectivity index (χ3n) is 2.24. The summed E-state index contributed by atoms with van der Waals surface area (Å²) in [4.78, 5) is 4.29. The van der Waals surface area contributed by atoms with Crippen molar-refractivity contribution in [2.45, 2.75) is 19.4 Å². The van der Waals surface area contributed by atoms with Crippen LogP contribution in [0.3, 0.4) is 0 Å². The Balaban J connectivity index is 2.24. The Bertz CT molecular complexity index is 486. The van der Waals surface area contributed by atoms with Crippen molar-refractivity contribution in [3.8, 4) is 0 Å². The van der Waals surface area contributed by atoms with E-state index in [1.54, 1.807) is 0 Å². The number of nitrogens with one attached hydrogen (secondary N) is 1.